The monoisotopic (exact) mass is 504 g/mol. The summed E-state index contributed by atoms with van der Waals surface area (Å²) in [5.41, 5.74) is 8.73. The molecule has 0 saturated carbocycles. The molecule has 1 aliphatic rings. The van der Waals surface area contributed by atoms with Crippen molar-refractivity contribution in [1.82, 2.24) is 24.4 Å². The zero-order valence-electron chi connectivity index (χ0n) is 19.8. The predicted molar refractivity (Wildman–Crippen MR) is 139 cm³/mol. The van der Waals surface area contributed by atoms with E-state index >= 15 is 0 Å². The number of carbonyl (C=O) groups excluding carboxylic acids is 2. The van der Waals surface area contributed by atoms with Crippen molar-refractivity contribution in [1.29, 1.82) is 0 Å². The number of nitrogen functional groups attached to an aromatic ring is 1. The number of rotatable bonds is 6. The third-order valence-electron chi connectivity index (χ3n) is 5.98. The van der Waals surface area contributed by atoms with Crippen molar-refractivity contribution in [2.45, 2.75) is 20.4 Å². The van der Waals surface area contributed by atoms with E-state index < -0.39 is 0 Å². The number of imidazole rings is 2. The molecule has 11 heteroatoms. The van der Waals surface area contributed by atoms with Crippen molar-refractivity contribution in [3.05, 3.63) is 77.2 Å². The summed E-state index contributed by atoms with van der Waals surface area (Å²) in [6, 6.07) is 12.5. The van der Waals surface area contributed by atoms with Crippen LogP contribution >= 0.6 is 11.6 Å². The Morgan fingerprint density at radius 3 is 2.56 bits per heavy atom. The van der Waals surface area contributed by atoms with Crippen LogP contribution in [-0.2, 0) is 11.3 Å². The van der Waals surface area contributed by atoms with Crippen LogP contribution in [0.1, 0.15) is 29.1 Å². The third-order valence-corrected chi connectivity index (χ3v) is 6.32. The normalized spacial score (nSPS) is 13.5. The minimum atomic E-state index is -0.360. The van der Waals surface area contributed by atoms with Crippen LogP contribution in [0.4, 0.5) is 17.2 Å². The number of aromatic nitrogens is 4. The van der Waals surface area contributed by atoms with Crippen molar-refractivity contribution in [2.24, 2.45) is 0 Å². The van der Waals surface area contributed by atoms with Gasteiger partial charge in [0.1, 0.15) is 18.2 Å². The summed E-state index contributed by atoms with van der Waals surface area (Å²) in [6.07, 6.45) is 3.63. The molecule has 2 amide bonds. The Morgan fingerprint density at radius 1 is 1.11 bits per heavy atom. The first-order valence-electron chi connectivity index (χ1n) is 11.5. The van der Waals surface area contributed by atoms with Crippen molar-refractivity contribution < 1.29 is 9.59 Å². The lowest BCUT2D eigenvalue weighted by atomic mass is 10.2. The summed E-state index contributed by atoms with van der Waals surface area (Å²) in [5, 5.41) is 6.45. The second-order valence-electron chi connectivity index (χ2n) is 8.35. The highest BCUT2D eigenvalue weighted by molar-refractivity contribution is 6.33. The summed E-state index contributed by atoms with van der Waals surface area (Å²) in [7, 11) is 0. The van der Waals surface area contributed by atoms with Crippen LogP contribution in [0, 0.1) is 6.92 Å². The fourth-order valence-electron chi connectivity index (χ4n) is 4.26. The minimum Gasteiger partial charge on any atom is -0.397 e. The first-order valence-corrected chi connectivity index (χ1v) is 11.8. The molecule has 0 aliphatic carbocycles. The Balaban J connectivity index is 1.52. The van der Waals surface area contributed by atoms with Gasteiger partial charge in [-0.3, -0.25) is 19.1 Å². The number of fused-ring (bicyclic) bond motifs is 1. The van der Waals surface area contributed by atoms with E-state index in [0.29, 0.717) is 34.5 Å². The van der Waals surface area contributed by atoms with E-state index in [4.69, 9.17) is 17.3 Å². The van der Waals surface area contributed by atoms with Crippen molar-refractivity contribution in [3.63, 3.8) is 0 Å². The highest BCUT2D eigenvalue weighted by Crippen LogP contribution is 2.31. The number of amides is 2. The van der Waals surface area contributed by atoms with Crippen molar-refractivity contribution in [2.75, 3.05) is 29.0 Å². The van der Waals surface area contributed by atoms with Gasteiger partial charge in [-0.1, -0.05) is 18.5 Å². The lowest BCUT2D eigenvalue weighted by Crippen LogP contribution is -2.36. The largest absolute Gasteiger partial charge is 0.397 e. The second kappa shape index (κ2) is 9.48. The van der Waals surface area contributed by atoms with E-state index in [2.05, 4.69) is 20.6 Å². The molecule has 1 aliphatic heterocycles. The van der Waals surface area contributed by atoms with E-state index in [1.54, 1.807) is 35.9 Å². The average molecular weight is 505 g/mol. The van der Waals surface area contributed by atoms with Crippen LogP contribution in [0.15, 0.2) is 54.9 Å². The molecular formula is C25H25ClN8O2. The number of hydrogen-bond donors (Lipinski definition) is 3. The Morgan fingerprint density at radius 2 is 1.83 bits per heavy atom. The van der Waals surface area contributed by atoms with Crippen LogP contribution < -0.4 is 21.3 Å². The van der Waals surface area contributed by atoms with Crippen LogP contribution in [0.2, 0.25) is 5.02 Å². The van der Waals surface area contributed by atoms with Crippen LogP contribution in [-0.4, -0.2) is 44.0 Å². The topological polar surface area (TPSA) is 123 Å². The van der Waals surface area contributed by atoms with E-state index in [1.807, 2.05) is 42.0 Å². The van der Waals surface area contributed by atoms with Gasteiger partial charge in [0.2, 0.25) is 5.91 Å². The number of hydrogen-bond acceptors (Lipinski definition) is 6. The first-order chi connectivity index (χ1) is 17.4. The maximum Gasteiger partial charge on any atom is 0.279 e. The van der Waals surface area contributed by atoms with Gasteiger partial charge in [-0.05, 0) is 55.9 Å². The molecule has 2 aromatic carbocycles. The average Bonchev–Trinajstić information content (AvgIpc) is 3.43. The summed E-state index contributed by atoms with van der Waals surface area (Å²) < 4.78 is 3.65. The lowest BCUT2D eigenvalue weighted by Gasteiger charge is -2.21. The quantitative estimate of drug-likeness (QED) is 0.346. The second-order valence-corrected chi connectivity index (χ2v) is 8.75. The number of nitrogens with zero attached hydrogens (tertiary/aromatic N) is 5. The van der Waals surface area contributed by atoms with Gasteiger partial charge in [0.25, 0.3) is 5.91 Å². The molecule has 36 heavy (non-hydrogen) atoms. The van der Waals surface area contributed by atoms with Gasteiger partial charge in [0, 0.05) is 29.5 Å². The fourth-order valence-corrected chi connectivity index (χ4v) is 4.37. The molecule has 0 fully saturated rings. The zero-order valence-corrected chi connectivity index (χ0v) is 20.6. The predicted octanol–water partition coefficient (Wildman–Crippen LogP) is 3.31. The number of aryl methyl sites for hydroxylation is 1. The smallest absolute Gasteiger partial charge is 0.279 e. The standard InChI is InChI=1S/C25H25ClN8O2/c1-3-28-13-21-29-10-11-32(21)16-4-6-17(7-5-16)33-14-22(35)31-24-23(25(33)36)34(15(2)30-24)18-8-9-19(26)20(27)12-18/h4-12,28H,3,13-14,27H2,1-2H3,(H,31,35). The van der Waals surface area contributed by atoms with E-state index in [9.17, 15) is 9.59 Å². The number of halogens is 1. The lowest BCUT2D eigenvalue weighted by molar-refractivity contribution is -0.114. The zero-order chi connectivity index (χ0) is 25.4. The highest BCUT2D eigenvalue weighted by atomic mass is 35.5. The summed E-state index contributed by atoms with van der Waals surface area (Å²) >= 11 is 6.10. The molecule has 0 saturated heterocycles. The highest BCUT2D eigenvalue weighted by Gasteiger charge is 2.33. The molecular weight excluding hydrogens is 480 g/mol. The van der Waals surface area contributed by atoms with E-state index in [0.717, 1.165) is 18.1 Å². The summed E-state index contributed by atoms with van der Waals surface area (Å²) in [4.78, 5) is 36.8. The Kier molecular flexibility index (Phi) is 6.21. The molecule has 4 N–H and O–H groups in total. The van der Waals surface area contributed by atoms with Crippen molar-refractivity contribution in [3.8, 4) is 11.4 Å². The molecule has 2 aromatic heterocycles. The molecule has 5 rings (SSSR count). The van der Waals surface area contributed by atoms with E-state index in [-0.39, 0.29) is 29.9 Å². The summed E-state index contributed by atoms with van der Waals surface area (Å²) in [6.45, 7) is 5.13. The molecule has 4 aromatic rings. The molecule has 0 spiro atoms. The van der Waals surface area contributed by atoms with Gasteiger partial charge < -0.3 is 20.9 Å². The number of anilines is 3. The minimum absolute atomic E-state index is 0.146. The maximum absolute atomic E-state index is 13.8. The molecule has 0 atom stereocenters. The molecule has 10 nitrogen and oxygen atoms in total. The molecule has 0 radical (unpaired) electrons. The Bertz CT molecular complexity index is 1460. The Labute approximate surface area is 212 Å². The van der Waals surface area contributed by atoms with E-state index in [1.165, 1.54) is 4.90 Å². The number of carbonyl (C=O) groups is 2. The number of nitrogens with two attached hydrogens (primary N) is 1. The fraction of sp³-hybridized carbons (Fsp3) is 0.200. The van der Waals surface area contributed by atoms with Crippen LogP contribution in [0.3, 0.4) is 0 Å². The van der Waals surface area contributed by atoms with Crippen LogP contribution in [0.5, 0.6) is 0 Å². The maximum atomic E-state index is 13.8. The van der Waals surface area contributed by atoms with Gasteiger partial charge in [0.05, 0.1) is 17.3 Å². The van der Waals surface area contributed by atoms with Gasteiger partial charge in [-0.25, -0.2) is 9.97 Å². The van der Waals surface area contributed by atoms with Crippen LogP contribution in [0.25, 0.3) is 11.4 Å². The Hall–Kier alpha value is -4.15. The van der Waals surface area contributed by atoms with Gasteiger partial charge in [-0.2, -0.15) is 0 Å². The molecule has 184 valence electrons. The van der Waals surface area contributed by atoms with Gasteiger partial charge in [0.15, 0.2) is 11.5 Å². The first kappa shape index (κ1) is 23.6. The van der Waals surface area contributed by atoms with Crippen molar-refractivity contribution >= 4 is 40.6 Å². The molecule has 0 unspecified atom stereocenters. The molecule has 3 heterocycles. The van der Waals surface area contributed by atoms with Gasteiger partial charge >= 0.3 is 0 Å². The number of nitrogens with one attached hydrogen (secondary N) is 2. The third kappa shape index (κ3) is 4.21. The summed E-state index contributed by atoms with van der Waals surface area (Å²) in [5.74, 6) is 0.915. The molecule has 0 bridgehead atoms. The van der Waals surface area contributed by atoms with Gasteiger partial charge in [-0.15, -0.1) is 0 Å². The SMILES string of the molecule is CCNCc1nccn1-c1ccc(N2CC(=O)Nc3nc(C)n(-c4ccc(Cl)c(N)c4)c3C2=O)cc1. The number of benzene rings is 2.